The van der Waals surface area contributed by atoms with Gasteiger partial charge in [0.25, 0.3) is 5.91 Å². The maximum absolute atomic E-state index is 12.8. The lowest BCUT2D eigenvalue weighted by Gasteiger charge is -2.32. The lowest BCUT2D eigenvalue weighted by molar-refractivity contribution is 0.102. The van der Waals surface area contributed by atoms with Crippen molar-refractivity contribution >= 4 is 11.6 Å². The van der Waals surface area contributed by atoms with Gasteiger partial charge in [0.1, 0.15) is 0 Å². The van der Waals surface area contributed by atoms with Gasteiger partial charge < -0.3 is 19.7 Å². The van der Waals surface area contributed by atoms with Crippen molar-refractivity contribution in [3.8, 4) is 11.5 Å². The van der Waals surface area contributed by atoms with Crippen LogP contribution in [-0.4, -0.2) is 62.1 Å². The molecule has 0 radical (unpaired) electrons. The number of unbranched alkanes of at least 4 members (excludes halogenated alkanes) is 1. The summed E-state index contributed by atoms with van der Waals surface area (Å²) in [5.74, 6) is 1.13. The van der Waals surface area contributed by atoms with Crippen LogP contribution in [0.15, 0.2) is 42.5 Å². The van der Waals surface area contributed by atoms with E-state index in [-0.39, 0.29) is 5.91 Å². The van der Waals surface area contributed by atoms with Crippen LogP contribution in [0.5, 0.6) is 11.5 Å². The Morgan fingerprint density at radius 3 is 2.39 bits per heavy atom. The molecule has 0 unspecified atom stereocenters. The number of likely N-dealkylation sites (N-methyl/N-ethyl adjacent to an activating group) is 1. The molecule has 1 aliphatic heterocycles. The number of nitrogens with one attached hydrogen (secondary N) is 1. The van der Waals surface area contributed by atoms with Gasteiger partial charge >= 0.3 is 0 Å². The minimum absolute atomic E-state index is 0.159. The third-order valence-electron chi connectivity index (χ3n) is 5.48. The molecule has 0 bridgehead atoms. The second-order valence-corrected chi connectivity index (χ2v) is 8.03. The van der Waals surface area contributed by atoms with Gasteiger partial charge in [-0.3, -0.25) is 9.69 Å². The van der Waals surface area contributed by atoms with Crippen LogP contribution >= 0.6 is 0 Å². The molecule has 31 heavy (non-hydrogen) atoms. The molecular weight excluding hydrogens is 390 g/mol. The van der Waals surface area contributed by atoms with Crippen LogP contribution in [0.25, 0.3) is 0 Å². The Morgan fingerprint density at radius 1 is 0.968 bits per heavy atom. The number of carbonyl (C=O) groups is 1. The molecule has 2 aromatic rings. The molecule has 6 nitrogen and oxygen atoms in total. The van der Waals surface area contributed by atoms with Gasteiger partial charge in [0.2, 0.25) is 0 Å². The van der Waals surface area contributed by atoms with Crippen LogP contribution in [0.1, 0.15) is 42.6 Å². The number of anilines is 1. The largest absolute Gasteiger partial charge is 0.490 e. The van der Waals surface area contributed by atoms with E-state index in [2.05, 4.69) is 41.2 Å². The van der Waals surface area contributed by atoms with Gasteiger partial charge in [0.15, 0.2) is 11.5 Å². The van der Waals surface area contributed by atoms with Gasteiger partial charge in [-0.1, -0.05) is 25.5 Å². The third-order valence-corrected chi connectivity index (χ3v) is 5.48. The first-order chi connectivity index (χ1) is 15.1. The fourth-order valence-electron chi connectivity index (χ4n) is 3.52. The summed E-state index contributed by atoms with van der Waals surface area (Å²) < 4.78 is 11.5. The summed E-state index contributed by atoms with van der Waals surface area (Å²) in [5, 5.41) is 2.98. The molecular formula is C25H35N3O3. The number of rotatable bonds is 10. The molecule has 2 aromatic carbocycles. The molecule has 0 spiro atoms. The van der Waals surface area contributed by atoms with Crippen LogP contribution in [0.4, 0.5) is 5.69 Å². The Hall–Kier alpha value is -2.57. The molecule has 1 saturated heterocycles. The average Bonchev–Trinajstić information content (AvgIpc) is 2.78. The molecule has 0 aliphatic carbocycles. The van der Waals surface area contributed by atoms with E-state index >= 15 is 0 Å². The van der Waals surface area contributed by atoms with Crippen LogP contribution in [0.3, 0.4) is 0 Å². The maximum atomic E-state index is 12.8. The highest BCUT2D eigenvalue weighted by Crippen LogP contribution is 2.29. The van der Waals surface area contributed by atoms with Crippen LogP contribution in [-0.2, 0) is 6.54 Å². The number of benzene rings is 2. The Morgan fingerprint density at radius 2 is 1.71 bits per heavy atom. The fourth-order valence-corrected chi connectivity index (χ4v) is 3.52. The van der Waals surface area contributed by atoms with Crippen molar-refractivity contribution in [1.29, 1.82) is 0 Å². The second kappa shape index (κ2) is 11.7. The number of amides is 1. The van der Waals surface area contributed by atoms with Gasteiger partial charge in [-0.15, -0.1) is 0 Å². The molecule has 1 fully saturated rings. The SMILES string of the molecule is CCCCOc1ccc(C(=O)Nc2ccc(CN3CCN(C)CC3)cc2)cc1OCC. The van der Waals surface area contributed by atoms with Gasteiger partial charge in [-0.2, -0.15) is 0 Å². The molecule has 6 heteroatoms. The number of hydrogen-bond donors (Lipinski definition) is 1. The van der Waals surface area contributed by atoms with E-state index in [0.717, 1.165) is 51.3 Å². The maximum Gasteiger partial charge on any atom is 0.255 e. The first kappa shape index (κ1) is 23.1. The second-order valence-electron chi connectivity index (χ2n) is 8.03. The number of nitrogens with zero attached hydrogens (tertiary/aromatic N) is 2. The summed E-state index contributed by atoms with van der Waals surface area (Å²) in [4.78, 5) is 17.6. The van der Waals surface area contributed by atoms with E-state index in [4.69, 9.17) is 9.47 Å². The van der Waals surface area contributed by atoms with E-state index in [0.29, 0.717) is 30.3 Å². The van der Waals surface area contributed by atoms with E-state index in [9.17, 15) is 4.79 Å². The molecule has 168 valence electrons. The summed E-state index contributed by atoms with van der Waals surface area (Å²) in [6.07, 6.45) is 2.05. The lowest BCUT2D eigenvalue weighted by atomic mass is 10.1. The van der Waals surface area contributed by atoms with Crippen LogP contribution in [0, 0.1) is 0 Å². The first-order valence-corrected chi connectivity index (χ1v) is 11.3. The summed E-state index contributed by atoms with van der Waals surface area (Å²) in [6.45, 7) is 10.6. The minimum atomic E-state index is -0.159. The highest BCUT2D eigenvalue weighted by Gasteiger charge is 2.15. The van der Waals surface area contributed by atoms with E-state index in [1.54, 1.807) is 12.1 Å². The van der Waals surface area contributed by atoms with E-state index in [1.165, 1.54) is 5.56 Å². The van der Waals surface area contributed by atoms with Crippen LogP contribution < -0.4 is 14.8 Å². The summed E-state index contributed by atoms with van der Waals surface area (Å²) in [6, 6.07) is 13.5. The first-order valence-electron chi connectivity index (χ1n) is 11.3. The van der Waals surface area contributed by atoms with Gasteiger partial charge in [0, 0.05) is 44.0 Å². The van der Waals surface area contributed by atoms with Crippen molar-refractivity contribution in [2.24, 2.45) is 0 Å². The summed E-state index contributed by atoms with van der Waals surface area (Å²) >= 11 is 0. The number of carbonyl (C=O) groups excluding carboxylic acids is 1. The Kier molecular flexibility index (Phi) is 8.74. The van der Waals surface area contributed by atoms with E-state index < -0.39 is 0 Å². The predicted molar refractivity (Wildman–Crippen MR) is 125 cm³/mol. The smallest absolute Gasteiger partial charge is 0.255 e. The minimum Gasteiger partial charge on any atom is -0.490 e. The van der Waals surface area contributed by atoms with Gasteiger partial charge in [-0.05, 0) is 56.3 Å². The Labute approximate surface area is 186 Å². The number of piperazine rings is 1. The standard InChI is InChI=1S/C25H35N3O3/c1-4-6-17-31-23-12-9-21(18-24(23)30-5-2)25(29)26-22-10-7-20(8-11-22)19-28-15-13-27(3)14-16-28/h7-12,18H,4-6,13-17,19H2,1-3H3,(H,26,29). The highest BCUT2D eigenvalue weighted by molar-refractivity contribution is 6.04. The zero-order chi connectivity index (χ0) is 22.1. The van der Waals surface area contributed by atoms with Crippen molar-refractivity contribution in [2.75, 3.05) is 51.8 Å². The molecule has 1 heterocycles. The topological polar surface area (TPSA) is 54.0 Å². The van der Waals surface area contributed by atoms with Crippen molar-refractivity contribution in [3.63, 3.8) is 0 Å². The zero-order valence-electron chi connectivity index (χ0n) is 19.0. The number of hydrogen-bond acceptors (Lipinski definition) is 5. The molecule has 1 N–H and O–H groups in total. The quantitative estimate of drug-likeness (QED) is 0.577. The van der Waals surface area contributed by atoms with Crippen molar-refractivity contribution in [2.45, 2.75) is 33.2 Å². The molecule has 0 aromatic heterocycles. The van der Waals surface area contributed by atoms with Gasteiger partial charge in [0.05, 0.1) is 13.2 Å². The molecule has 0 saturated carbocycles. The fraction of sp³-hybridized carbons (Fsp3) is 0.480. The monoisotopic (exact) mass is 425 g/mol. The molecule has 1 amide bonds. The Bertz CT molecular complexity index is 830. The molecule has 0 atom stereocenters. The molecule has 3 rings (SSSR count). The lowest BCUT2D eigenvalue weighted by Crippen LogP contribution is -2.43. The number of ether oxygens (including phenoxy) is 2. The van der Waals surface area contributed by atoms with Gasteiger partial charge in [-0.25, -0.2) is 0 Å². The summed E-state index contributed by atoms with van der Waals surface area (Å²) in [5.41, 5.74) is 2.59. The predicted octanol–water partition coefficient (Wildman–Crippen LogP) is 4.26. The highest BCUT2D eigenvalue weighted by atomic mass is 16.5. The van der Waals surface area contributed by atoms with Crippen LogP contribution in [0.2, 0.25) is 0 Å². The van der Waals surface area contributed by atoms with Crippen molar-refractivity contribution in [3.05, 3.63) is 53.6 Å². The third kappa shape index (κ3) is 6.97. The normalized spacial score (nSPS) is 14.9. The average molecular weight is 426 g/mol. The Balaban J connectivity index is 1.59. The van der Waals surface area contributed by atoms with Crippen molar-refractivity contribution < 1.29 is 14.3 Å². The van der Waals surface area contributed by atoms with E-state index in [1.807, 2.05) is 25.1 Å². The zero-order valence-corrected chi connectivity index (χ0v) is 19.0. The van der Waals surface area contributed by atoms with Crippen molar-refractivity contribution in [1.82, 2.24) is 9.80 Å². The molecule has 1 aliphatic rings. The summed E-state index contributed by atoms with van der Waals surface area (Å²) in [7, 11) is 2.17.